The summed E-state index contributed by atoms with van der Waals surface area (Å²) in [5, 5.41) is 4.27. The summed E-state index contributed by atoms with van der Waals surface area (Å²) in [7, 11) is 0. The number of hydrogen-bond acceptors (Lipinski definition) is 3. The van der Waals surface area contributed by atoms with Crippen molar-refractivity contribution < 1.29 is 0 Å². The van der Waals surface area contributed by atoms with Crippen LogP contribution in [-0.4, -0.2) is 48.1 Å². The zero-order valence-electron chi connectivity index (χ0n) is 10.7. The van der Waals surface area contributed by atoms with Crippen molar-refractivity contribution in [2.45, 2.75) is 44.4 Å². The van der Waals surface area contributed by atoms with Gasteiger partial charge < -0.3 is 5.32 Å². The van der Waals surface area contributed by atoms with E-state index in [0.717, 1.165) is 17.2 Å². The molecule has 1 N–H and O–H groups in total. The normalized spacial score (nSPS) is 34.1. The third-order valence-electron chi connectivity index (χ3n) is 4.30. The summed E-state index contributed by atoms with van der Waals surface area (Å²) < 4.78 is 0. The number of rotatable bonds is 3. The third-order valence-corrected chi connectivity index (χ3v) is 5.64. The maximum Gasteiger partial charge on any atom is 0.0184 e. The summed E-state index contributed by atoms with van der Waals surface area (Å²) in [6.07, 6.45) is 4.21. The molecule has 2 heterocycles. The first-order valence-electron chi connectivity index (χ1n) is 6.83. The second kappa shape index (κ2) is 6.27. The molecule has 0 aromatic rings. The maximum atomic E-state index is 3.45. The molecular weight excluding hydrogens is 216 g/mol. The zero-order chi connectivity index (χ0) is 11.4. The van der Waals surface area contributed by atoms with Crippen LogP contribution in [0.4, 0.5) is 0 Å². The van der Waals surface area contributed by atoms with Gasteiger partial charge in [0.25, 0.3) is 0 Å². The minimum Gasteiger partial charge on any atom is -0.317 e. The largest absolute Gasteiger partial charge is 0.317 e. The lowest BCUT2D eigenvalue weighted by atomic mass is 9.94. The molecule has 16 heavy (non-hydrogen) atoms. The van der Waals surface area contributed by atoms with Crippen LogP contribution in [0.15, 0.2) is 0 Å². The van der Waals surface area contributed by atoms with Crippen LogP contribution in [0.3, 0.4) is 0 Å². The first-order chi connectivity index (χ1) is 7.77. The van der Waals surface area contributed by atoms with Gasteiger partial charge in [0.1, 0.15) is 0 Å². The fourth-order valence-corrected chi connectivity index (χ4v) is 3.99. The van der Waals surface area contributed by atoms with Crippen LogP contribution < -0.4 is 5.32 Å². The lowest BCUT2D eigenvalue weighted by molar-refractivity contribution is 0.189. The number of hydrogen-bond donors (Lipinski definition) is 1. The molecule has 0 bridgehead atoms. The molecule has 0 aromatic heterocycles. The average Bonchev–Trinajstić information content (AvgIpc) is 2.32. The topological polar surface area (TPSA) is 15.3 Å². The van der Waals surface area contributed by atoms with Crippen molar-refractivity contribution in [2.24, 2.45) is 5.92 Å². The van der Waals surface area contributed by atoms with E-state index in [1.807, 2.05) is 0 Å². The van der Waals surface area contributed by atoms with E-state index in [1.165, 1.54) is 51.2 Å². The predicted octanol–water partition coefficient (Wildman–Crippen LogP) is 2.20. The van der Waals surface area contributed by atoms with Crippen LogP contribution in [0.1, 0.15) is 33.1 Å². The fourth-order valence-electron chi connectivity index (χ4n) is 2.83. The Balaban J connectivity index is 1.71. The van der Waals surface area contributed by atoms with Crippen molar-refractivity contribution in [1.29, 1.82) is 0 Å². The van der Waals surface area contributed by atoms with E-state index in [0.29, 0.717) is 0 Å². The Morgan fingerprint density at radius 3 is 2.75 bits per heavy atom. The molecule has 0 aliphatic carbocycles. The summed E-state index contributed by atoms with van der Waals surface area (Å²) in [6, 6.07) is 0.778. The van der Waals surface area contributed by atoms with Gasteiger partial charge in [0.2, 0.25) is 0 Å². The highest BCUT2D eigenvalue weighted by molar-refractivity contribution is 8.00. The highest BCUT2D eigenvalue weighted by atomic mass is 32.2. The minimum atomic E-state index is 0.778. The number of nitrogens with zero attached hydrogens (tertiary/aromatic N) is 1. The van der Waals surface area contributed by atoms with Crippen molar-refractivity contribution in [2.75, 3.05) is 31.9 Å². The number of piperidine rings is 1. The van der Waals surface area contributed by atoms with E-state index < -0.39 is 0 Å². The minimum absolute atomic E-state index is 0.778. The van der Waals surface area contributed by atoms with Gasteiger partial charge in [0.15, 0.2) is 0 Å². The first-order valence-corrected chi connectivity index (χ1v) is 7.88. The van der Waals surface area contributed by atoms with E-state index in [4.69, 9.17) is 0 Å². The Kier molecular flexibility index (Phi) is 4.98. The molecule has 2 atom stereocenters. The van der Waals surface area contributed by atoms with Crippen molar-refractivity contribution in [3.63, 3.8) is 0 Å². The Bertz CT molecular complexity index is 204. The van der Waals surface area contributed by atoms with Crippen LogP contribution >= 0.6 is 11.8 Å². The summed E-state index contributed by atoms with van der Waals surface area (Å²) in [5.41, 5.74) is 0. The molecular formula is C13H26N2S. The first kappa shape index (κ1) is 12.7. The second-order valence-corrected chi connectivity index (χ2v) is 6.82. The smallest absolute Gasteiger partial charge is 0.0184 e. The van der Waals surface area contributed by atoms with E-state index in [-0.39, 0.29) is 0 Å². The molecule has 2 nitrogen and oxygen atoms in total. The predicted molar refractivity (Wildman–Crippen MR) is 73.2 cm³/mol. The number of thioether (sulfide) groups is 1. The van der Waals surface area contributed by atoms with Crippen LogP contribution in [0.5, 0.6) is 0 Å². The second-order valence-electron chi connectivity index (χ2n) is 5.33. The number of nitrogens with one attached hydrogen (secondary N) is 1. The molecule has 0 amide bonds. The Labute approximate surface area is 105 Å². The van der Waals surface area contributed by atoms with Crippen molar-refractivity contribution in [3.8, 4) is 0 Å². The van der Waals surface area contributed by atoms with Crippen LogP contribution in [0.2, 0.25) is 0 Å². The van der Waals surface area contributed by atoms with Crippen LogP contribution in [0.25, 0.3) is 0 Å². The van der Waals surface area contributed by atoms with E-state index in [1.54, 1.807) is 0 Å². The summed E-state index contributed by atoms with van der Waals surface area (Å²) in [6.45, 7) is 9.90. The maximum absolute atomic E-state index is 3.45. The molecule has 0 radical (unpaired) electrons. The van der Waals surface area contributed by atoms with Gasteiger partial charge in [-0.3, -0.25) is 4.90 Å². The Morgan fingerprint density at radius 2 is 2.00 bits per heavy atom. The molecule has 2 unspecified atom stereocenters. The van der Waals surface area contributed by atoms with Gasteiger partial charge in [-0.2, -0.15) is 11.8 Å². The van der Waals surface area contributed by atoms with E-state index >= 15 is 0 Å². The Hall–Kier alpha value is 0.270. The fraction of sp³-hybridized carbons (Fsp3) is 1.00. The van der Waals surface area contributed by atoms with Crippen molar-refractivity contribution in [3.05, 3.63) is 0 Å². The molecule has 2 saturated heterocycles. The van der Waals surface area contributed by atoms with Gasteiger partial charge in [-0.25, -0.2) is 0 Å². The van der Waals surface area contributed by atoms with Gasteiger partial charge in [-0.1, -0.05) is 6.92 Å². The zero-order valence-corrected chi connectivity index (χ0v) is 11.6. The SMILES string of the molecule is CC1SCCN(CCC2CCNCC2)C1C. The van der Waals surface area contributed by atoms with Gasteiger partial charge >= 0.3 is 0 Å². The van der Waals surface area contributed by atoms with E-state index in [9.17, 15) is 0 Å². The standard InChI is InChI=1S/C13H26N2S/c1-11-12(2)16-10-9-15(11)8-5-13-3-6-14-7-4-13/h11-14H,3-10H2,1-2H3. The van der Waals surface area contributed by atoms with Crippen LogP contribution in [0, 0.1) is 5.92 Å². The van der Waals surface area contributed by atoms with Gasteiger partial charge in [-0.05, 0) is 51.7 Å². The van der Waals surface area contributed by atoms with Crippen molar-refractivity contribution in [1.82, 2.24) is 10.2 Å². The molecule has 2 fully saturated rings. The monoisotopic (exact) mass is 242 g/mol. The molecule has 0 saturated carbocycles. The van der Waals surface area contributed by atoms with Gasteiger partial charge in [-0.15, -0.1) is 0 Å². The van der Waals surface area contributed by atoms with Crippen LogP contribution in [-0.2, 0) is 0 Å². The average molecular weight is 242 g/mol. The summed E-state index contributed by atoms with van der Waals surface area (Å²) >= 11 is 2.14. The highest BCUT2D eigenvalue weighted by Gasteiger charge is 2.25. The molecule has 0 spiro atoms. The highest BCUT2D eigenvalue weighted by Crippen LogP contribution is 2.25. The summed E-state index contributed by atoms with van der Waals surface area (Å²) in [5.74, 6) is 2.32. The molecule has 2 aliphatic rings. The summed E-state index contributed by atoms with van der Waals surface area (Å²) in [4.78, 5) is 2.71. The Morgan fingerprint density at radius 1 is 1.25 bits per heavy atom. The molecule has 2 aliphatic heterocycles. The molecule has 94 valence electrons. The lowest BCUT2D eigenvalue weighted by Gasteiger charge is -2.38. The van der Waals surface area contributed by atoms with Gasteiger partial charge in [0, 0.05) is 23.6 Å². The van der Waals surface area contributed by atoms with Gasteiger partial charge in [0.05, 0.1) is 0 Å². The molecule has 2 rings (SSSR count). The van der Waals surface area contributed by atoms with E-state index in [2.05, 4.69) is 35.8 Å². The molecule has 3 heteroatoms. The van der Waals surface area contributed by atoms with Crippen molar-refractivity contribution >= 4 is 11.8 Å². The third kappa shape index (κ3) is 3.38. The quantitative estimate of drug-likeness (QED) is 0.817. The lowest BCUT2D eigenvalue weighted by Crippen LogP contribution is -2.45. The molecule has 0 aromatic carbocycles.